The molecule has 2 saturated carbocycles. The first-order chi connectivity index (χ1) is 10.7. The van der Waals surface area contributed by atoms with E-state index in [-0.39, 0.29) is 12.5 Å². The molecule has 0 heterocycles. The lowest BCUT2D eigenvalue weighted by Crippen LogP contribution is -2.44. The summed E-state index contributed by atoms with van der Waals surface area (Å²) < 4.78 is 0. The zero-order valence-corrected chi connectivity index (χ0v) is 14.8. The van der Waals surface area contributed by atoms with Gasteiger partial charge >= 0.3 is 0 Å². The van der Waals surface area contributed by atoms with Gasteiger partial charge in [-0.2, -0.15) is 0 Å². The summed E-state index contributed by atoms with van der Waals surface area (Å²) in [5.74, 6) is 3.19. The molecule has 4 rings (SSSR count). The topological polar surface area (TPSA) is 40.5 Å². The lowest BCUT2D eigenvalue weighted by molar-refractivity contribution is -0.00826. The summed E-state index contributed by atoms with van der Waals surface area (Å²) >= 11 is 0. The molecule has 0 aromatic carbocycles. The molecule has 0 spiro atoms. The predicted molar refractivity (Wildman–Crippen MR) is 92.6 cm³/mol. The van der Waals surface area contributed by atoms with Crippen LogP contribution in [0.25, 0.3) is 0 Å². The molecule has 2 heteroatoms. The highest BCUT2D eigenvalue weighted by Gasteiger charge is 2.67. The van der Waals surface area contributed by atoms with Crippen molar-refractivity contribution in [1.82, 2.24) is 0 Å². The van der Waals surface area contributed by atoms with Gasteiger partial charge in [-0.1, -0.05) is 39.5 Å². The average molecular weight is 314 g/mol. The van der Waals surface area contributed by atoms with Crippen molar-refractivity contribution in [1.29, 1.82) is 0 Å². The summed E-state index contributed by atoms with van der Waals surface area (Å²) in [7, 11) is 0. The molecule has 0 aliphatic heterocycles. The van der Waals surface area contributed by atoms with E-state index in [1.165, 1.54) is 6.42 Å². The number of allylic oxidation sites excluding steroid dienone is 1. The van der Waals surface area contributed by atoms with Gasteiger partial charge in [-0.25, -0.2) is 0 Å². The Bertz CT molecular complexity index is 626. The molecule has 4 unspecified atom stereocenters. The summed E-state index contributed by atoms with van der Waals surface area (Å²) in [6, 6.07) is 0. The van der Waals surface area contributed by atoms with Crippen LogP contribution in [0.2, 0.25) is 0 Å². The Balaban J connectivity index is 1.83. The van der Waals surface area contributed by atoms with E-state index in [4.69, 9.17) is 0 Å². The van der Waals surface area contributed by atoms with Crippen LogP contribution in [0.1, 0.15) is 40.5 Å². The number of aliphatic hydroxyl groups is 2. The van der Waals surface area contributed by atoms with Crippen LogP contribution >= 0.6 is 0 Å². The second-order valence-electron chi connectivity index (χ2n) is 9.26. The van der Waals surface area contributed by atoms with Gasteiger partial charge in [0.15, 0.2) is 0 Å². The molecule has 7 atom stereocenters. The zero-order chi connectivity index (χ0) is 16.7. The van der Waals surface area contributed by atoms with Gasteiger partial charge in [0.05, 0.1) is 12.2 Å². The van der Waals surface area contributed by atoms with Crippen molar-refractivity contribution in [3.05, 3.63) is 35.5 Å². The van der Waals surface area contributed by atoms with Crippen LogP contribution in [0.4, 0.5) is 0 Å². The number of fused-ring (bicyclic) bond motifs is 5. The Morgan fingerprint density at radius 3 is 2.65 bits per heavy atom. The van der Waals surface area contributed by atoms with Crippen molar-refractivity contribution in [2.45, 2.75) is 46.1 Å². The Hall–Kier alpha value is -0.860. The molecule has 0 aromatic rings. The van der Waals surface area contributed by atoms with E-state index in [0.29, 0.717) is 35.5 Å². The third kappa shape index (κ3) is 1.88. The second kappa shape index (κ2) is 4.61. The average Bonchev–Trinajstić information content (AvgIpc) is 3.00. The van der Waals surface area contributed by atoms with Crippen LogP contribution in [0.3, 0.4) is 0 Å². The quantitative estimate of drug-likeness (QED) is 0.724. The lowest BCUT2D eigenvalue weighted by Gasteiger charge is -2.42. The molecule has 2 N–H and O–H groups in total. The molecule has 0 aromatic heterocycles. The summed E-state index contributed by atoms with van der Waals surface area (Å²) in [6.45, 7) is 13.5. The largest absolute Gasteiger partial charge is 0.392 e. The van der Waals surface area contributed by atoms with Gasteiger partial charge in [-0.05, 0) is 65.1 Å². The minimum Gasteiger partial charge on any atom is -0.392 e. The Kier molecular flexibility index (Phi) is 3.14. The van der Waals surface area contributed by atoms with Crippen LogP contribution in [0, 0.1) is 40.9 Å². The van der Waals surface area contributed by atoms with Crippen LogP contribution < -0.4 is 0 Å². The van der Waals surface area contributed by atoms with Crippen LogP contribution in [0.15, 0.2) is 35.5 Å². The predicted octanol–water partition coefficient (Wildman–Crippen LogP) is 3.72. The zero-order valence-electron chi connectivity index (χ0n) is 14.8. The molecule has 0 amide bonds. The fourth-order valence-corrected chi connectivity index (χ4v) is 6.48. The van der Waals surface area contributed by atoms with Crippen LogP contribution in [0.5, 0.6) is 0 Å². The molecule has 4 aliphatic rings. The van der Waals surface area contributed by atoms with E-state index in [1.807, 2.05) is 0 Å². The van der Waals surface area contributed by atoms with E-state index in [1.54, 1.807) is 0 Å². The highest BCUT2D eigenvalue weighted by Crippen LogP contribution is 2.72. The van der Waals surface area contributed by atoms with Gasteiger partial charge < -0.3 is 10.2 Å². The van der Waals surface area contributed by atoms with Crippen molar-refractivity contribution < 1.29 is 10.2 Å². The van der Waals surface area contributed by atoms with E-state index in [2.05, 4.69) is 46.4 Å². The van der Waals surface area contributed by atoms with Crippen molar-refractivity contribution in [3.8, 4) is 0 Å². The third-order valence-electron chi connectivity index (χ3n) is 7.80. The Morgan fingerprint density at radius 1 is 1.30 bits per heavy atom. The molecule has 0 saturated heterocycles. The maximum Gasteiger partial charge on any atom is 0.0996 e. The summed E-state index contributed by atoms with van der Waals surface area (Å²) in [6.07, 6.45) is 6.42. The number of hydrogen-bond acceptors (Lipinski definition) is 2. The molecular weight excluding hydrogens is 284 g/mol. The van der Waals surface area contributed by atoms with Crippen molar-refractivity contribution in [2.24, 2.45) is 40.9 Å². The molecule has 0 bridgehead atoms. The minimum atomic E-state index is -0.891. The maximum absolute atomic E-state index is 11.5. The van der Waals surface area contributed by atoms with Crippen molar-refractivity contribution in [3.63, 3.8) is 0 Å². The van der Waals surface area contributed by atoms with Crippen LogP contribution in [-0.2, 0) is 0 Å². The van der Waals surface area contributed by atoms with Gasteiger partial charge in [0.2, 0.25) is 0 Å². The van der Waals surface area contributed by atoms with Gasteiger partial charge in [0.25, 0.3) is 0 Å². The van der Waals surface area contributed by atoms with E-state index in [9.17, 15) is 10.2 Å². The smallest absolute Gasteiger partial charge is 0.0996 e. The molecule has 0 radical (unpaired) electrons. The highest BCUT2D eigenvalue weighted by atomic mass is 16.3. The van der Waals surface area contributed by atoms with Gasteiger partial charge in [0.1, 0.15) is 0 Å². The van der Waals surface area contributed by atoms with E-state index < -0.39 is 5.60 Å². The van der Waals surface area contributed by atoms with Gasteiger partial charge in [0, 0.05) is 12.3 Å². The fourth-order valence-electron chi connectivity index (χ4n) is 6.48. The van der Waals surface area contributed by atoms with E-state index >= 15 is 0 Å². The van der Waals surface area contributed by atoms with Crippen molar-refractivity contribution >= 4 is 0 Å². The summed E-state index contributed by atoms with van der Waals surface area (Å²) in [5.41, 5.74) is 2.52. The monoisotopic (exact) mass is 314 g/mol. The van der Waals surface area contributed by atoms with Crippen molar-refractivity contribution in [2.75, 3.05) is 6.61 Å². The molecule has 126 valence electrons. The molecule has 4 aliphatic carbocycles. The number of hydrogen-bond donors (Lipinski definition) is 2. The van der Waals surface area contributed by atoms with Gasteiger partial charge in [-0.3, -0.25) is 0 Å². The Morgan fingerprint density at radius 2 is 2.00 bits per heavy atom. The standard InChI is InChI=1S/C21H30O2/c1-11-6-16-18-12(2)7-17-19(20(17,4)5)15(18)8-14(10-22)9-21(16,23)13(11)3/h6,8,12,15-19,22-23H,3,7,9-10H2,1-2,4-5H3/t12-,15-,16?,17?,18?,19?,21+/m1/s1. The first kappa shape index (κ1) is 15.7. The lowest BCUT2D eigenvalue weighted by atomic mass is 9.64. The molecule has 2 nitrogen and oxygen atoms in total. The number of aliphatic hydroxyl groups excluding tert-OH is 1. The van der Waals surface area contributed by atoms with Gasteiger partial charge in [-0.15, -0.1) is 0 Å². The first-order valence-electron chi connectivity index (χ1n) is 9.12. The summed E-state index contributed by atoms with van der Waals surface area (Å²) in [5, 5.41) is 21.4. The molecule has 23 heavy (non-hydrogen) atoms. The molecule has 2 fully saturated rings. The fraction of sp³-hybridized carbons (Fsp3) is 0.714. The minimum absolute atomic E-state index is 0.0524. The number of rotatable bonds is 1. The highest BCUT2D eigenvalue weighted by molar-refractivity contribution is 5.46. The maximum atomic E-state index is 11.5. The second-order valence-corrected chi connectivity index (χ2v) is 9.26. The normalized spacial score (nSPS) is 50.3. The SMILES string of the molecule is C=C1C(C)=CC2C3[C@@H](C=C(CO)C[C@]12O)C1C(C[C@H]3C)C1(C)C. The first-order valence-corrected chi connectivity index (χ1v) is 9.12. The van der Waals surface area contributed by atoms with Crippen LogP contribution in [-0.4, -0.2) is 22.4 Å². The summed E-state index contributed by atoms with van der Waals surface area (Å²) in [4.78, 5) is 0. The molecular formula is C21H30O2. The van der Waals surface area contributed by atoms with E-state index in [0.717, 1.165) is 22.6 Å². The Labute approximate surface area is 140 Å². The third-order valence-corrected chi connectivity index (χ3v) is 7.80.